The number of nitro groups is 1. The Kier molecular flexibility index (Phi) is 3.82. The van der Waals surface area contributed by atoms with Gasteiger partial charge in [-0.2, -0.15) is 0 Å². The van der Waals surface area contributed by atoms with Gasteiger partial charge in [-0.15, -0.1) is 0 Å². The average molecular weight is 257 g/mol. The lowest BCUT2D eigenvalue weighted by Gasteiger charge is -2.04. The first kappa shape index (κ1) is 12.7. The minimum Gasteiger partial charge on any atom is -0.310 e. The first-order valence-corrected chi connectivity index (χ1v) is 5.59. The number of carbonyl (C=O) groups is 1. The highest BCUT2D eigenvalue weighted by atomic mass is 16.6. The molecule has 0 saturated carbocycles. The van der Waals surface area contributed by atoms with Crippen molar-refractivity contribution < 1.29 is 9.72 Å². The lowest BCUT2D eigenvalue weighted by Crippen LogP contribution is -2.15. The van der Waals surface area contributed by atoms with Gasteiger partial charge in [0.2, 0.25) is 5.91 Å². The van der Waals surface area contributed by atoms with Gasteiger partial charge in [-0.1, -0.05) is 30.3 Å². The van der Waals surface area contributed by atoms with Gasteiger partial charge in [-0.3, -0.25) is 14.9 Å². The monoisotopic (exact) mass is 257 g/mol. The molecule has 6 heteroatoms. The van der Waals surface area contributed by atoms with Crippen LogP contribution >= 0.6 is 0 Å². The van der Waals surface area contributed by atoms with Crippen LogP contribution in [0.25, 0.3) is 0 Å². The second-order valence-corrected chi connectivity index (χ2v) is 3.87. The molecule has 0 radical (unpaired) electrons. The van der Waals surface area contributed by atoms with E-state index >= 15 is 0 Å². The fraction of sp³-hybridized carbons (Fsp3) is 0.0769. The Labute approximate surface area is 109 Å². The Morgan fingerprint density at radius 3 is 2.53 bits per heavy atom. The summed E-state index contributed by atoms with van der Waals surface area (Å²) in [6.45, 7) is 0. The maximum Gasteiger partial charge on any atom is 0.287 e. The Morgan fingerprint density at radius 2 is 1.95 bits per heavy atom. The molecule has 96 valence electrons. The van der Waals surface area contributed by atoms with E-state index in [-0.39, 0.29) is 18.0 Å². The van der Waals surface area contributed by atoms with E-state index in [1.54, 1.807) is 0 Å². The third-order valence-electron chi connectivity index (χ3n) is 2.43. The van der Waals surface area contributed by atoms with Crippen LogP contribution in [0.2, 0.25) is 0 Å². The van der Waals surface area contributed by atoms with E-state index < -0.39 is 4.92 Å². The number of anilines is 1. The zero-order chi connectivity index (χ0) is 13.7. The molecule has 0 bridgehead atoms. The number of pyridine rings is 1. The normalized spacial score (nSPS) is 9.89. The quantitative estimate of drug-likeness (QED) is 0.671. The van der Waals surface area contributed by atoms with Crippen LogP contribution in [0, 0.1) is 10.1 Å². The molecular formula is C13H11N3O3. The van der Waals surface area contributed by atoms with Crippen LogP contribution in [0.4, 0.5) is 11.5 Å². The lowest BCUT2D eigenvalue weighted by molar-refractivity contribution is -0.385. The summed E-state index contributed by atoms with van der Waals surface area (Å²) in [5.74, 6) is 0.0825. The topological polar surface area (TPSA) is 85.1 Å². The molecule has 0 saturated heterocycles. The van der Waals surface area contributed by atoms with E-state index in [1.165, 1.54) is 12.1 Å². The number of benzene rings is 1. The summed E-state index contributed by atoms with van der Waals surface area (Å²) in [5.41, 5.74) is 0.781. The number of hydrogen-bond acceptors (Lipinski definition) is 4. The second-order valence-electron chi connectivity index (χ2n) is 3.87. The van der Waals surface area contributed by atoms with Crippen LogP contribution in [-0.4, -0.2) is 15.8 Å². The van der Waals surface area contributed by atoms with E-state index in [0.29, 0.717) is 5.82 Å². The summed E-state index contributed by atoms with van der Waals surface area (Å²) in [6, 6.07) is 12.0. The van der Waals surface area contributed by atoms with Gasteiger partial charge in [-0.05, 0) is 11.6 Å². The third kappa shape index (κ3) is 3.60. The standard InChI is InChI=1S/C13H11N3O3/c17-13(8-10-4-2-1-3-5-10)15-12-7-6-11(9-14-12)16(18)19/h1-7,9H,8H2,(H,14,15,17). The van der Waals surface area contributed by atoms with Gasteiger partial charge in [0, 0.05) is 6.07 Å². The smallest absolute Gasteiger partial charge is 0.287 e. The molecule has 0 aliphatic heterocycles. The highest BCUT2D eigenvalue weighted by molar-refractivity contribution is 5.91. The summed E-state index contributed by atoms with van der Waals surface area (Å²) < 4.78 is 0. The maximum atomic E-state index is 11.7. The highest BCUT2D eigenvalue weighted by Gasteiger charge is 2.08. The van der Waals surface area contributed by atoms with Crippen molar-refractivity contribution in [2.24, 2.45) is 0 Å². The fourth-order valence-corrected chi connectivity index (χ4v) is 1.54. The molecule has 2 rings (SSSR count). The van der Waals surface area contributed by atoms with Gasteiger partial charge in [0.1, 0.15) is 12.0 Å². The van der Waals surface area contributed by atoms with Crippen molar-refractivity contribution >= 4 is 17.4 Å². The molecule has 0 spiro atoms. The van der Waals surface area contributed by atoms with Crippen LogP contribution in [-0.2, 0) is 11.2 Å². The molecule has 19 heavy (non-hydrogen) atoms. The fourth-order valence-electron chi connectivity index (χ4n) is 1.54. The van der Waals surface area contributed by atoms with Crippen molar-refractivity contribution in [2.75, 3.05) is 5.32 Å². The molecular weight excluding hydrogens is 246 g/mol. The molecule has 0 unspecified atom stereocenters. The summed E-state index contributed by atoms with van der Waals surface area (Å²) in [5, 5.41) is 13.0. The van der Waals surface area contributed by atoms with E-state index in [2.05, 4.69) is 10.3 Å². The number of nitrogens with one attached hydrogen (secondary N) is 1. The molecule has 1 amide bonds. The van der Waals surface area contributed by atoms with Gasteiger partial charge in [0.05, 0.1) is 11.3 Å². The molecule has 1 N–H and O–H groups in total. The van der Waals surface area contributed by atoms with E-state index in [9.17, 15) is 14.9 Å². The average Bonchev–Trinajstić information content (AvgIpc) is 2.40. The third-order valence-corrected chi connectivity index (χ3v) is 2.43. The highest BCUT2D eigenvalue weighted by Crippen LogP contribution is 2.12. The Morgan fingerprint density at radius 1 is 1.21 bits per heavy atom. The lowest BCUT2D eigenvalue weighted by atomic mass is 10.1. The Hall–Kier alpha value is -2.76. The molecule has 0 aliphatic rings. The molecule has 0 aliphatic carbocycles. The van der Waals surface area contributed by atoms with E-state index in [1.807, 2.05) is 30.3 Å². The number of aromatic nitrogens is 1. The number of rotatable bonds is 4. The van der Waals surface area contributed by atoms with Gasteiger partial charge in [-0.25, -0.2) is 4.98 Å². The van der Waals surface area contributed by atoms with Crippen LogP contribution in [0.5, 0.6) is 0 Å². The molecule has 1 aromatic heterocycles. The van der Waals surface area contributed by atoms with E-state index in [4.69, 9.17) is 0 Å². The second kappa shape index (κ2) is 5.72. The van der Waals surface area contributed by atoms with Crippen molar-refractivity contribution in [2.45, 2.75) is 6.42 Å². The molecule has 0 atom stereocenters. The minimum atomic E-state index is -0.539. The van der Waals surface area contributed by atoms with Gasteiger partial charge >= 0.3 is 0 Å². The number of carbonyl (C=O) groups excluding carboxylic acids is 1. The van der Waals surface area contributed by atoms with Gasteiger partial charge in [0.15, 0.2) is 0 Å². The van der Waals surface area contributed by atoms with Gasteiger partial charge < -0.3 is 5.32 Å². The summed E-state index contributed by atoms with van der Waals surface area (Å²) in [6.07, 6.45) is 1.34. The molecule has 2 aromatic rings. The zero-order valence-electron chi connectivity index (χ0n) is 9.95. The van der Waals surface area contributed by atoms with Crippen molar-refractivity contribution in [3.63, 3.8) is 0 Å². The van der Waals surface area contributed by atoms with E-state index in [0.717, 1.165) is 11.8 Å². The summed E-state index contributed by atoms with van der Waals surface area (Å²) in [7, 11) is 0. The Balaban J connectivity index is 1.97. The van der Waals surface area contributed by atoms with Gasteiger partial charge in [0.25, 0.3) is 5.69 Å². The molecule has 6 nitrogen and oxygen atoms in total. The maximum absolute atomic E-state index is 11.7. The SMILES string of the molecule is O=C(Cc1ccccc1)Nc1ccc([N+](=O)[O-])cn1. The minimum absolute atomic E-state index is 0.110. The number of hydrogen-bond donors (Lipinski definition) is 1. The van der Waals surface area contributed by atoms with Crippen molar-refractivity contribution in [3.8, 4) is 0 Å². The van der Waals surface area contributed by atoms with Crippen LogP contribution < -0.4 is 5.32 Å². The first-order valence-electron chi connectivity index (χ1n) is 5.59. The van der Waals surface area contributed by atoms with Crippen molar-refractivity contribution in [1.82, 2.24) is 4.98 Å². The predicted octanol–water partition coefficient (Wildman–Crippen LogP) is 2.17. The number of amides is 1. The molecule has 1 aromatic carbocycles. The number of nitrogens with zero attached hydrogens (tertiary/aromatic N) is 2. The molecule has 0 fully saturated rings. The summed E-state index contributed by atoms with van der Waals surface area (Å²) >= 11 is 0. The molecule has 1 heterocycles. The van der Waals surface area contributed by atoms with Crippen LogP contribution in [0.15, 0.2) is 48.7 Å². The van der Waals surface area contributed by atoms with Crippen LogP contribution in [0.1, 0.15) is 5.56 Å². The van der Waals surface area contributed by atoms with Crippen molar-refractivity contribution in [3.05, 3.63) is 64.3 Å². The largest absolute Gasteiger partial charge is 0.310 e. The Bertz CT molecular complexity index is 582. The first-order chi connectivity index (χ1) is 9.15. The predicted molar refractivity (Wildman–Crippen MR) is 69.7 cm³/mol. The van der Waals surface area contributed by atoms with Crippen LogP contribution in [0.3, 0.4) is 0 Å². The zero-order valence-corrected chi connectivity index (χ0v) is 9.95. The summed E-state index contributed by atoms with van der Waals surface area (Å²) in [4.78, 5) is 25.4. The van der Waals surface area contributed by atoms with Crippen molar-refractivity contribution in [1.29, 1.82) is 0 Å².